The molecule has 1 aliphatic heterocycles. The summed E-state index contributed by atoms with van der Waals surface area (Å²) in [7, 11) is 0. The standard InChI is InChI=1S/C19H28ClNO2/c1-6-7-12-19(18(22)21(13(2)3)14(4)5)17(23-19)15-8-10-16(20)11-9-15/h8-11,13-14,17H,6-7,12H2,1-5H3. The van der Waals surface area contributed by atoms with Gasteiger partial charge >= 0.3 is 0 Å². The molecule has 4 heteroatoms. The first-order chi connectivity index (χ1) is 10.8. The first-order valence-electron chi connectivity index (χ1n) is 8.59. The maximum Gasteiger partial charge on any atom is 0.258 e. The minimum atomic E-state index is -0.696. The number of carbonyl (C=O) groups is 1. The second kappa shape index (κ2) is 7.23. The van der Waals surface area contributed by atoms with E-state index in [4.69, 9.17) is 16.3 Å². The molecular formula is C19H28ClNO2. The van der Waals surface area contributed by atoms with Gasteiger partial charge in [0.2, 0.25) is 0 Å². The van der Waals surface area contributed by atoms with E-state index in [0.717, 1.165) is 24.8 Å². The molecule has 0 saturated carbocycles. The maximum absolute atomic E-state index is 13.2. The van der Waals surface area contributed by atoms with Crippen LogP contribution in [0.3, 0.4) is 0 Å². The summed E-state index contributed by atoms with van der Waals surface area (Å²) in [6, 6.07) is 7.96. The van der Waals surface area contributed by atoms with Crippen LogP contribution >= 0.6 is 11.6 Å². The van der Waals surface area contributed by atoms with Crippen molar-refractivity contribution in [1.82, 2.24) is 4.90 Å². The quantitative estimate of drug-likeness (QED) is 0.657. The van der Waals surface area contributed by atoms with Crippen molar-refractivity contribution in [3.63, 3.8) is 0 Å². The molecule has 0 spiro atoms. The maximum atomic E-state index is 13.2. The van der Waals surface area contributed by atoms with Crippen molar-refractivity contribution in [3.8, 4) is 0 Å². The number of benzene rings is 1. The molecule has 1 saturated heterocycles. The van der Waals surface area contributed by atoms with E-state index in [1.807, 2.05) is 29.2 Å². The van der Waals surface area contributed by atoms with Crippen LogP contribution in [0.25, 0.3) is 0 Å². The number of ether oxygens (including phenoxy) is 1. The largest absolute Gasteiger partial charge is 0.350 e. The van der Waals surface area contributed by atoms with Crippen LogP contribution in [0.15, 0.2) is 24.3 Å². The van der Waals surface area contributed by atoms with E-state index in [1.165, 1.54) is 0 Å². The third-order valence-corrected chi connectivity index (χ3v) is 4.73. The van der Waals surface area contributed by atoms with Crippen molar-refractivity contribution >= 4 is 17.5 Å². The lowest BCUT2D eigenvalue weighted by Crippen LogP contribution is -2.49. The average Bonchev–Trinajstić information content (AvgIpc) is 3.21. The van der Waals surface area contributed by atoms with E-state index < -0.39 is 5.60 Å². The molecule has 1 fully saturated rings. The van der Waals surface area contributed by atoms with Gasteiger partial charge in [0.15, 0.2) is 5.60 Å². The van der Waals surface area contributed by atoms with Crippen LogP contribution in [-0.2, 0) is 9.53 Å². The Kier molecular flexibility index (Phi) is 5.74. The van der Waals surface area contributed by atoms with Gasteiger partial charge in [-0.25, -0.2) is 0 Å². The van der Waals surface area contributed by atoms with Crippen molar-refractivity contribution in [1.29, 1.82) is 0 Å². The van der Waals surface area contributed by atoms with Gasteiger partial charge in [-0.1, -0.05) is 43.5 Å². The number of amides is 1. The topological polar surface area (TPSA) is 32.8 Å². The molecule has 23 heavy (non-hydrogen) atoms. The van der Waals surface area contributed by atoms with E-state index in [-0.39, 0.29) is 24.1 Å². The normalized spacial score (nSPS) is 23.4. The van der Waals surface area contributed by atoms with Crippen LogP contribution in [0.5, 0.6) is 0 Å². The molecule has 1 amide bonds. The Balaban J connectivity index is 2.27. The zero-order valence-corrected chi connectivity index (χ0v) is 15.6. The van der Waals surface area contributed by atoms with Crippen LogP contribution in [-0.4, -0.2) is 28.5 Å². The van der Waals surface area contributed by atoms with Gasteiger partial charge in [0, 0.05) is 17.1 Å². The Labute approximate surface area is 145 Å². The van der Waals surface area contributed by atoms with Crippen LogP contribution in [0.4, 0.5) is 0 Å². The number of unbranched alkanes of at least 4 members (excludes halogenated alkanes) is 1. The molecule has 0 N–H and O–H groups in total. The SMILES string of the molecule is CCCCC1(C(=O)N(C(C)C)C(C)C)OC1c1ccc(Cl)cc1. The first kappa shape index (κ1) is 18.3. The summed E-state index contributed by atoms with van der Waals surface area (Å²) < 4.78 is 6.04. The fourth-order valence-corrected chi connectivity index (χ4v) is 3.46. The van der Waals surface area contributed by atoms with Gasteiger partial charge in [0.05, 0.1) is 0 Å². The Morgan fingerprint density at radius 2 is 1.78 bits per heavy atom. The second-order valence-corrected chi connectivity index (χ2v) is 7.38. The van der Waals surface area contributed by atoms with Gasteiger partial charge in [-0.3, -0.25) is 4.79 Å². The lowest BCUT2D eigenvalue weighted by Gasteiger charge is -2.33. The zero-order valence-electron chi connectivity index (χ0n) is 14.8. The fraction of sp³-hybridized carbons (Fsp3) is 0.632. The predicted molar refractivity (Wildman–Crippen MR) is 94.7 cm³/mol. The summed E-state index contributed by atoms with van der Waals surface area (Å²) in [5.41, 5.74) is 0.338. The molecule has 1 aromatic carbocycles. The number of carbonyl (C=O) groups excluding carboxylic acids is 1. The van der Waals surface area contributed by atoms with Crippen molar-refractivity contribution in [2.75, 3.05) is 0 Å². The molecular weight excluding hydrogens is 310 g/mol. The summed E-state index contributed by atoms with van der Waals surface area (Å²) in [4.78, 5) is 15.2. The highest BCUT2D eigenvalue weighted by Crippen LogP contribution is 2.54. The number of nitrogens with zero attached hydrogens (tertiary/aromatic N) is 1. The fourth-order valence-electron chi connectivity index (χ4n) is 3.33. The highest BCUT2D eigenvalue weighted by atomic mass is 35.5. The van der Waals surface area contributed by atoms with Gasteiger partial charge in [-0.05, 0) is 51.8 Å². The molecule has 128 valence electrons. The monoisotopic (exact) mass is 337 g/mol. The predicted octanol–water partition coefficient (Wildman–Crippen LogP) is 4.99. The average molecular weight is 338 g/mol. The van der Waals surface area contributed by atoms with Gasteiger partial charge in [0.1, 0.15) is 6.10 Å². The molecule has 0 bridgehead atoms. The summed E-state index contributed by atoms with van der Waals surface area (Å²) in [6.45, 7) is 10.4. The second-order valence-electron chi connectivity index (χ2n) is 6.94. The van der Waals surface area contributed by atoms with E-state index in [2.05, 4.69) is 34.6 Å². The van der Waals surface area contributed by atoms with Crippen molar-refractivity contribution in [3.05, 3.63) is 34.9 Å². The molecule has 0 aliphatic carbocycles. The molecule has 0 radical (unpaired) electrons. The van der Waals surface area contributed by atoms with Crippen LogP contribution in [0, 0.1) is 0 Å². The lowest BCUT2D eigenvalue weighted by molar-refractivity contribution is -0.141. The van der Waals surface area contributed by atoms with E-state index >= 15 is 0 Å². The number of epoxide rings is 1. The Morgan fingerprint density at radius 3 is 2.26 bits per heavy atom. The summed E-state index contributed by atoms with van der Waals surface area (Å²) >= 11 is 5.97. The highest BCUT2D eigenvalue weighted by molar-refractivity contribution is 6.30. The first-order valence-corrected chi connectivity index (χ1v) is 8.97. The molecule has 1 aliphatic rings. The zero-order chi connectivity index (χ0) is 17.2. The van der Waals surface area contributed by atoms with Crippen LogP contribution in [0.2, 0.25) is 5.02 Å². The van der Waals surface area contributed by atoms with Crippen molar-refractivity contribution in [2.24, 2.45) is 0 Å². The third kappa shape index (κ3) is 3.72. The Bertz CT molecular complexity index is 533. The van der Waals surface area contributed by atoms with E-state index in [9.17, 15) is 4.79 Å². The minimum absolute atomic E-state index is 0.121. The minimum Gasteiger partial charge on any atom is -0.350 e. The third-order valence-electron chi connectivity index (χ3n) is 4.48. The lowest BCUT2D eigenvalue weighted by atomic mass is 9.91. The van der Waals surface area contributed by atoms with Gasteiger partial charge in [-0.15, -0.1) is 0 Å². The van der Waals surface area contributed by atoms with Gasteiger partial charge in [0.25, 0.3) is 5.91 Å². The van der Waals surface area contributed by atoms with Crippen LogP contribution in [0.1, 0.15) is 65.5 Å². The van der Waals surface area contributed by atoms with E-state index in [1.54, 1.807) is 0 Å². The Morgan fingerprint density at radius 1 is 1.22 bits per heavy atom. The molecule has 0 aromatic heterocycles. The van der Waals surface area contributed by atoms with E-state index in [0.29, 0.717) is 5.02 Å². The summed E-state index contributed by atoms with van der Waals surface area (Å²) in [5, 5.41) is 0.700. The molecule has 1 heterocycles. The number of hydrogen-bond donors (Lipinski definition) is 0. The van der Waals surface area contributed by atoms with Crippen LogP contribution < -0.4 is 0 Å². The summed E-state index contributed by atoms with van der Waals surface area (Å²) in [6.07, 6.45) is 2.65. The van der Waals surface area contributed by atoms with Gasteiger partial charge in [-0.2, -0.15) is 0 Å². The smallest absolute Gasteiger partial charge is 0.258 e. The van der Waals surface area contributed by atoms with Crippen molar-refractivity contribution in [2.45, 2.75) is 77.7 Å². The number of hydrogen-bond acceptors (Lipinski definition) is 2. The Hall–Kier alpha value is -1.06. The molecule has 2 rings (SSSR count). The molecule has 2 unspecified atom stereocenters. The van der Waals surface area contributed by atoms with Gasteiger partial charge < -0.3 is 9.64 Å². The molecule has 3 nitrogen and oxygen atoms in total. The van der Waals surface area contributed by atoms with Crippen molar-refractivity contribution < 1.29 is 9.53 Å². The highest BCUT2D eigenvalue weighted by Gasteiger charge is 2.63. The number of rotatable bonds is 7. The molecule has 1 aromatic rings. The summed E-state index contributed by atoms with van der Waals surface area (Å²) in [5.74, 6) is 0.121. The number of halogens is 1. The molecule has 2 atom stereocenters.